The van der Waals surface area contributed by atoms with E-state index in [-0.39, 0.29) is 13.2 Å². The van der Waals surface area contributed by atoms with Gasteiger partial charge in [0.2, 0.25) is 0 Å². The van der Waals surface area contributed by atoms with Gasteiger partial charge in [0.15, 0.2) is 11.9 Å². The van der Waals surface area contributed by atoms with Crippen LogP contribution in [-0.2, 0) is 14.3 Å². The Kier molecular flexibility index (Phi) is 2.54. The lowest BCUT2D eigenvalue weighted by molar-refractivity contribution is -0.381. The van der Waals surface area contributed by atoms with Crippen molar-refractivity contribution < 1.29 is 23.0 Å². The van der Waals surface area contributed by atoms with E-state index >= 15 is 0 Å². The largest absolute Gasteiger partial charge is 0.384 e. The molecule has 0 amide bonds. The Morgan fingerprint density at radius 3 is 2.83 bits per heavy atom. The molecule has 3 nitrogen and oxygen atoms in total. The molecule has 0 aliphatic carbocycles. The number of carbonyl (C=O) groups is 1. The van der Waals surface area contributed by atoms with E-state index in [9.17, 15) is 13.6 Å². The van der Waals surface area contributed by atoms with Gasteiger partial charge in [0.25, 0.3) is 0 Å². The first-order chi connectivity index (χ1) is 5.56. The zero-order chi connectivity index (χ0) is 9.19. The summed E-state index contributed by atoms with van der Waals surface area (Å²) in [6.07, 6.45) is -3.50. The Hall–Kier alpha value is -0.810. The highest BCUT2D eigenvalue weighted by Gasteiger charge is 2.51. The van der Waals surface area contributed by atoms with Gasteiger partial charge >= 0.3 is 6.11 Å². The van der Waals surface area contributed by atoms with Crippen molar-refractivity contribution in [1.29, 1.82) is 0 Å². The predicted octanol–water partition coefficient (Wildman–Crippen LogP) is 0.750. The van der Waals surface area contributed by atoms with Crippen LogP contribution < -0.4 is 0 Å². The summed E-state index contributed by atoms with van der Waals surface area (Å²) >= 11 is 0. The number of ether oxygens (including phenoxy) is 2. The van der Waals surface area contributed by atoms with Gasteiger partial charge in [-0.15, -0.1) is 0 Å². The zero-order valence-electron chi connectivity index (χ0n) is 6.26. The molecular formula is C7H8F2O3. The molecule has 1 rings (SSSR count). The fourth-order valence-corrected chi connectivity index (χ4v) is 0.664. The second-order valence-electron chi connectivity index (χ2n) is 2.34. The van der Waals surface area contributed by atoms with Gasteiger partial charge in [0.05, 0.1) is 6.61 Å². The molecular weight excluding hydrogens is 170 g/mol. The first-order valence-electron chi connectivity index (χ1n) is 3.35. The SMILES string of the molecule is C=CC(=O)COC1COC1(F)F. The minimum absolute atomic E-state index is 0.169. The highest BCUT2D eigenvalue weighted by atomic mass is 19.3. The summed E-state index contributed by atoms with van der Waals surface area (Å²) in [4.78, 5) is 10.5. The van der Waals surface area contributed by atoms with Crippen molar-refractivity contribution in [2.75, 3.05) is 13.2 Å². The van der Waals surface area contributed by atoms with Crippen molar-refractivity contribution in [3.8, 4) is 0 Å². The second kappa shape index (κ2) is 3.28. The van der Waals surface area contributed by atoms with Crippen LogP contribution in [0.15, 0.2) is 12.7 Å². The number of alkyl halides is 2. The van der Waals surface area contributed by atoms with Crippen molar-refractivity contribution in [2.45, 2.75) is 12.2 Å². The van der Waals surface area contributed by atoms with Gasteiger partial charge < -0.3 is 9.47 Å². The lowest BCUT2D eigenvalue weighted by atomic mass is 10.2. The minimum Gasteiger partial charge on any atom is -0.359 e. The summed E-state index contributed by atoms with van der Waals surface area (Å²) in [6.45, 7) is 2.63. The lowest BCUT2D eigenvalue weighted by Crippen LogP contribution is -2.53. The Morgan fingerprint density at radius 1 is 1.83 bits per heavy atom. The average Bonchev–Trinajstić information content (AvgIpc) is 2.02. The van der Waals surface area contributed by atoms with E-state index in [1.165, 1.54) is 0 Å². The summed E-state index contributed by atoms with van der Waals surface area (Å²) in [6, 6.07) is 0. The van der Waals surface area contributed by atoms with Crippen LogP contribution in [0.4, 0.5) is 8.78 Å². The van der Waals surface area contributed by atoms with Crippen LogP contribution in [0.25, 0.3) is 0 Å². The first kappa shape index (κ1) is 9.28. The molecule has 0 saturated carbocycles. The molecule has 68 valence electrons. The van der Waals surface area contributed by atoms with E-state index in [0.29, 0.717) is 0 Å². The van der Waals surface area contributed by atoms with Crippen LogP contribution in [0.1, 0.15) is 0 Å². The van der Waals surface area contributed by atoms with Gasteiger partial charge in [-0.3, -0.25) is 4.79 Å². The Morgan fingerprint density at radius 2 is 2.50 bits per heavy atom. The van der Waals surface area contributed by atoms with Gasteiger partial charge in [-0.1, -0.05) is 6.58 Å². The summed E-state index contributed by atoms with van der Waals surface area (Å²) in [5, 5.41) is 0. The topological polar surface area (TPSA) is 35.5 Å². The number of hydrogen-bond donors (Lipinski definition) is 0. The van der Waals surface area contributed by atoms with Crippen LogP contribution in [0, 0.1) is 0 Å². The average molecular weight is 178 g/mol. The van der Waals surface area contributed by atoms with Gasteiger partial charge in [-0.25, -0.2) is 0 Å². The quantitative estimate of drug-likeness (QED) is 0.596. The molecule has 1 heterocycles. The third-order valence-corrected chi connectivity index (χ3v) is 1.46. The van der Waals surface area contributed by atoms with Gasteiger partial charge in [0, 0.05) is 0 Å². The van der Waals surface area contributed by atoms with Gasteiger partial charge in [-0.2, -0.15) is 8.78 Å². The summed E-state index contributed by atoms with van der Waals surface area (Å²) in [7, 11) is 0. The number of hydrogen-bond acceptors (Lipinski definition) is 3. The van der Waals surface area contributed by atoms with Crippen molar-refractivity contribution in [1.82, 2.24) is 0 Å². The standard InChI is InChI=1S/C7H8F2O3/c1-2-5(10)3-11-6-4-12-7(6,8)9/h2,6H,1,3-4H2. The molecule has 1 aliphatic heterocycles. The highest BCUT2D eigenvalue weighted by molar-refractivity contribution is 5.90. The van der Waals surface area contributed by atoms with Gasteiger partial charge in [-0.05, 0) is 6.08 Å². The maximum Gasteiger partial charge on any atom is 0.384 e. The van der Waals surface area contributed by atoms with Crippen LogP contribution in [0.5, 0.6) is 0 Å². The predicted molar refractivity (Wildman–Crippen MR) is 35.8 cm³/mol. The molecule has 0 spiro atoms. The van der Waals surface area contributed by atoms with E-state index in [4.69, 9.17) is 0 Å². The monoisotopic (exact) mass is 178 g/mol. The van der Waals surface area contributed by atoms with Crippen molar-refractivity contribution >= 4 is 5.78 Å². The maximum absolute atomic E-state index is 12.3. The molecule has 0 radical (unpaired) electrons. The van der Waals surface area contributed by atoms with Crippen molar-refractivity contribution in [2.24, 2.45) is 0 Å². The highest BCUT2D eigenvalue weighted by Crippen LogP contribution is 2.32. The van der Waals surface area contributed by atoms with E-state index < -0.39 is 18.0 Å². The fourth-order valence-electron chi connectivity index (χ4n) is 0.664. The van der Waals surface area contributed by atoms with E-state index in [2.05, 4.69) is 16.1 Å². The van der Waals surface area contributed by atoms with E-state index in [0.717, 1.165) is 6.08 Å². The molecule has 0 aromatic heterocycles. The Balaban J connectivity index is 2.24. The van der Waals surface area contributed by atoms with Gasteiger partial charge in [0.1, 0.15) is 6.61 Å². The molecule has 1 fully saturated rings. The maximum atomic E-state index is 12.3. The number of carbonyl (C=O) groups excluding carboxylic acids is 1. The number of rotatable bonds is 4. The third-order valence-electron chi connectivity index (χ3n) is 1.46. The van der Waals surface area contributed by atoms with Crippen LogP contribution in [-0.4, -0.2) is 31.2 Å². The summed E-state index contributed by atoms with van der Waals surface area (Å²) in [5.41, 5.74) is 0. The molecule has 1 saturated heterocycles. The molecule has 1 aliphatic rings. The lowest BCUT2D eigenvalue weighted by Gasteiger charge is -2.34. The number of ketones is 1. The molecule has 1 unspecified atom stereocenters. The molecule has 0 N–H and O–H groups in total. The molecule has 5 heteroatoms. The molecule has 0 aromatic rings. The zero-order valence-corrected chi connectivity index (χ0v) is 6.26. The molecule has 0 aromatic carbocycles. The smallest absolute Gasteiger partial charge is 0.359 e. The summed E-state index contributed by atoms with van der Waals surface area (Å²) < 4.78 is 33.0. The van der Waals surface area contributed by atoms with Crippen LogP contribution in [0.3, 0.4) is 0 Å². The van der Waals surface area contributed by atoms with E-state index in [1.54, 1.807) is 0 Å². The Bertz CT molecular complexity index is 203. The van der Waals surface area contributed by atoms with Crippen molar-refractivity contribution in [3.63, 3.8) is 0 Å². The van der Waals surface area contributed by atoms with Crippen LogP contribution >= 0.6 is 0 Å². The second-order valence-corrected chi connectivity index (χ2v) is 2.34. The molecule has 12 heavy (non-hydrogen) atoms. The first-order valence-corrected chi connectivity index (χ1v) is 3.35. The fraction of sp³-hybridized carbons (Fsp3) is 0.571. The van der Waals surface area contributed by atoms with Crippen molar-refractivity contribution in [3.05, 3.63) is 12.7 Å². The normalized spacial score (nSPS) is 26.0. The van der Waals surface area contributed by atoms with Crippen LogP contribution in [0.2, 0.25) is 0 Å². The Labute approximate surface area is 68.0 Å². The molecule has 0 bridgehead atoms. The minimum atomic E-state index is -3.23. The number of halogens is 2. The molecule has 1 atom stereocenters. The van der Waals surface area contributed by atoms with E-state index in [1.807, 2.05) is 0 Å². The summed E-state index contributed by atoms with van der Waals surface area (Å²) in [5.74, 6) is -0.419. The third kappa shape index (κ3) is 1.86.